The van der Waals surface area contributed by atoms with Crippen LogP contribution in [-0.4, -0.2) is 28.3 Å². The summed E-state index contributed by atoms with van der Waals surface area (Å²) in [5.74, 6) is 0.997. The first-order valence-corrected chi connectivity index (χ1v) is 8.65. The molecule has 0 bridgehead atoms. The van der Waals surface area contributed by atoms with Crippen molar-refractivity contribution in [2.45, 2.75) is 0 Å². The maximum absolute atomic E-state index is 10.7. The third kappa shape index (κ3) is 2.39. The number of hydrogen-bond acceptors (Lipinski definition) is 6. The van der Waals surface area contributed by atoms with Crippen LogP contribution in [0.2, 0.25) is 0 Å². The molecule has 0 radical (unpaired) electrons. The predicted octanol–water partition coefficient (Wildman–Crippen LogP) is 4.59. The first kappa shape index (κ1) is 16.3. The fraction of sp³-hybridized carbons (Fsp3) is 0.0455. The molecule has 0 fully saturated rings. The summed E-state index contributed by atoms with van der Waals surface area (Å²) in [5, 5.41) is 33.1. The number of hydrogen-bond donors (Lipinski definition) is 3. The summed E-state index contributed by atoms with van der Waals surface area (Å²) < 4.78 is 10.7. The molecule has 0 atom stereocenters. The van der Waals surface area contributed by atoms with Crippen molar-refractivity contribution in [2.75, 3.05) is 6.79 Å². The molecule has 5 rings (SSSR count). The molecule has 0 amide bonds. The molecule has 1 aliphatic rings. The van der Waals surface area contributed by atoms with Crippen LogP contribution in [0, 0.1) is 0 Å². The molecule has 0 spiro atoms. The molecule has 6 heteroatoms. The first-order chi connectivity index (χ1) is 13.6. The van der Waals surface area contributed by atoms with Crippen LogP contribution in [-0.2, 0) is 0 Å². The lowest BCUT2D eigenvalue weighted by molar-refractivity contribution is 0.174. The molecule has 28 heavy (non-hydrogen) atoms. The Balaban J connectivity index is 1.77. The number of nitrogens with zero attached hydrogens (tertiary/aromatic N) is 1. The molecule has 0 saturated heterocycles. The lowest BCUT2D eigenvalue weighted by atomic mass is 9.95. The Labute approximate surface area is 159 Å². The minimum atomic E-state index is -0.165. The van der Waals surface area contributed by atoms with Crippen LogP contribution in [0.25, 0.3) is 21.5 Å². The van der Waals surface area contributed by atoms with Gasteiger partial charge in [0.15, 0.2) is 11.5 Å². The van der Waals surface area contributed by atoms with E-state index in [2.05, 4.69) is 4.99 Å². The van der Waals surface area contributed by atoms with Gasteiger partial charge in [0.05, 0.1) is 16.5 Å². The Bertz CT molecular complexity index is 1220. The van der Waals surface area contributed by atoms with Crippen LogP contribution in [0.15, 0.2) is 59.6 Å². The van der Waals surface area contributed by atoms with E-state index in [1.54, 1.807) is 42.6 Å². The third-order valence-corrected chi connectivity index (χ3v) is 4.84. The molecular formula is C22H15NO5. The molecule has 1 aliphatic heterocycles. The van der Waals surface area contributed by atoms with E-state index in [4.69, 9.17) is 9.47 Å². The summed E-state index contributed by atoms with van der Waals surface area (Å²) in [6.45, 7) is 0.189. The van der Waals surface area contributed by atoms with Gasteiger partial charge >= 0.3 is 0 Å². The quantitative estimate of drug-likeness (QED) is 0.353. The number of ether oxygens (including phenoxy) is 2. The molecule has 3 N–H and O–H groups in total. The standard InChI is InChI=1S/C22H15NO5/c24-16-5-1-3-13-15(10-23-12-7-8-18-19(9-12)28-11-27-18)14-4-2-6-17(25)21(14)22(26)20(13)16/h1-10,24-26H,11H2. The van der Waals surface area contributed by atoms with Gasteiger partial charge in [0.1, 0.15) is 17.2 Å². The largest absolute Gasteiger partial charge is 0.507 e. The average Bonchev–Trinajstić information content (AvgIpc) is 3.15. The smallest absolute Gasteiger partial charge is 0.231 e. The summed E-state index contributed by atoms with van der Waals surface area (Å²) in [7, 11) is 0. The van der Waals surface area contributed by atoms with E-state index < -0.39 is 0 Å². The Morgan fingerprint density at radius 1 is 0.786 bits per heavy atom. The van der Waals surface area contributed by atoms with E-state index in [0.29, 0.717) is 33.5 Å². The monoisotopic (exact) mass is 373 g/mol. The van der Waals surface area contributed by atoms with Crippen molar-refractivity contribution in [3.05, 3.63) is 60.2 Å². The van der Waals surface area contributed by atoms with Crippen LogP contribution in [0.3, 0.4) is 0 Å². The van der Waals surface area contributed by atoms with Crippen molar-refractivity contribution < 1.29 is 24.8 Å². The molecule has 0 aliphatic carbocycles. The highest BCUT2D eigenvalue weighted by Gasteiger charge is 2.18. The van der Waals surface area contributed by atoms with Gasteiger partial charge in [-0.15, -0.1) is 0 Å². The summed E-state index contributed by atoms with van der Waals surface area (Å²) in [6, 6.07) is 15.3. The Kier molecular flexibility index (Phi) is 3.52. The zero-order valence-corrected chi connectivity index (χ0v) is 14.6. The lowest BCUT2D eigenvalue weighted by Crippen LogP contribution is -1.92. The number of benzene rings is 4. The van der Waals surface area contributed by atoms with Gasteiger partial charge in [0.25, 0.3) is 0 Å². The zero-order chi connectivity index (χ0) is 19.3. The van der Waals surface area contributed by atoms with Gasteiger partial charge in [0.2, 0.25) is 6.79 Å². The van der Waals surface area contributed by atoms with Gasteiger partial charge in [-0.3, -0.25) is 4.99 Å². The molecule has 138 valence electrons. The molecule has 1 heterocycles. The van der Waals surface area contributed by atoms with E-state index in [0.717, 1.165) is 0 Å². The van der Waals surface area contributed by atoms with Crippen LogP contribution < -0.4 is 9.47 Å². The maximum Gasteiger partial charge on any atom is 0.231 e. The van der Waals surface area contributed by atoms with Crippen LogP contribution in [0.5, 0.6) is 28.7 Å². The van der Waals surface area contributed by atoms with Gasteiger partial charge in [-0.2, -0.15) is 0 Å². The number of phenolic OH excluding ortho intramolecular Hbond substituents is 3. The van der Waals surface area contributed by atoms with Gasteiger partial charge in [-0.05, 0) is 35.0 Å². The van der Waals surface area contributed by atoms with Gasteiger partial charge in [0, 0.05) is 17.8 Å². The molecule has 6 nitrogen and oxygen atoms in total. The van der Waals surface area contributed by atoms with Crippen molar-refractivity contribution in [1.29, 1.82) is 0 Å². The van der Waals surface area contributed by atoms with E-state index in [-0.39, 0.29) is 34.8 Å². The van der Waals surface area contributed by atoms with Crippen molar-refractivity contribution >= 4 is 33.4 Å². The Morgan fingerprint density at radius 2 is 1.43 bits per heavy atom. The SMILES string of the molecule is Oc1cccc2c(C=Nc3ccc4c(c3)OCO4)c3cccc(O)c3c(O)c12. The second-order valence-electron chi connectivity index (χ2n) is 6.46. The second-order valence-corrected chi connectivity index (χ2v) is 6.46. The first-order valence-electron chi connectivity index (χ1n) is 8.65. The average molecular weight is 373 g/mol. The van der Waals surface area contributed by atoms with Gasteiger partial charge < -0.3 is 24.8 Å². The van der Waals surface area contributed by atoms with E-state index in [1.165, 1.54) is 12.1 Å². The lowest BCUT2D eigenvalue weighted by Gasteiger charge is -2.13. The minimum absolute atomic E-state index is 0.0714. The molecular weight excluding hydrogens is 358 g/mol. The van der Waals surface area contributed by atoms with Crippen LogP contribution >= 0.6 is 0 Å². The van der Waals surface area contributed by atoms with E-state index in [1.807, 2.05) is 6.07 Å². The number of aromatic hydroxyl groups is 3. The van der Waals surface area contributed by atoms with Crippen LogP contribution in [0.4, 0.5) is 5.69 Å². The maximum atomic E-state index is 10.7. The summed E-state index contributed by atoms with van der Waals surface area (Å²) in [5.41, 5.74) is 1.34. The zero-order valence-electron chi connectivity index (χ0n) is 14.6. The molecule has 0 unspecified atom stereocenters. The van der Waals surface area contributed by atoms with Gasteiger partial charge in [-0.1, -0.05) is 24.3 Å². The van der Waals surface area contributed by atoms with Gasteiger partial charge in [-0.25, -0.2) is 0 Å². The Hall–Kier alpha value is -3.93. The minimum Gasteiger partial charge on any atom is -0.507 e. The van der Waals surface area contributed by atoms with E-state index in [9.17, 15) is 15.3 Å². The third-order valence-electron chi connectivity index (χ3n) is 4.84. The van der Waals surface area contributed by atoms with Crippen molar-refractivity contribution in [2.24, 2.45) is 4.99 Å². The normalized spacial score (nSPS) is 13.0. The molecule has 4 aromatic carbocycles. The van der Waals surface area contributed by atoms with Crippen LogP contribution in [0.1, 0.15) is 5.56 Å². The molecule has 4 aromatic rings. The molecule has 0 saturated carbocycles. The highest BCUT2D eigenvalue weighted by atomic mass is 16.7. The molecule has 0 aromatic heterocycles. The number of fused-ring (bicyclic) bond motifs is 3. The van der Waals surface area contributed by atoms with E-state index >= 15 is 0 Å². The van der Waals surface area contributed by atoms with Crippen molar-refractivity contribution in [3.63, 3.8) is 0 Å². The van der Waals surface area contributed by atoms with Crippen molar-refractivity contribution in [1.82, 2.24) is 0 Å². The highest BCUT2D eigenvalue weighted by molar-refractivity contribution is 6.19. The predicted molar refractivity (Wildman–Crippen MR) is 106 cm³/mol. The fourth-order valence-corrected chi connectivity index (χ4v) is 3.54. The number of aliphatic imine (C=N–C) groups is 1. The Morgan fingerprint density at radius 3 is 2.11 bits per heavy atom. The summed E-state index contributed by atoms with van der Waals surface area (Å²) in [6.07, 6.45) is 1.65. The number of rotatable bonds is 2. The summed E-state index contributed by atoms with van der Waals surface area (Å²) >= 11 is 0. The van der Waals surface area contributed by atoms with Crippen molar-refractivity contribution in [3.8, 4) is 28.7 Å². The highest BCUT2D eigenvalue weighted by Crippen LogP contribution is 2.44. The summed E-state index contributed by atoms with van der Waals surface area (Å²) in [4.78, 5) is 4.54. The topological polar surface area (TPSA) is 91.5 Å². The fourth-order valence-electron chi connectivity index (χ4n) is 3.54. The second kappa shape index (κ2) is 6.06. The number of phenols is 3.